The van der Waals surface area contributed by atoms with Crippen LogP contribution in [0.4, 0.5) is 5.82 Å². The number of nitrogens with zero attached hydrogens (tertiary/aromatic N) is 1. The van der Waals surface area contributed by atoms with E-state index < -0.39 is 5.54 Å². The van der Waals surface area contributed by atoms with Crippen LogP contribution in [0.25, 0.3) is 0 Å². The molecule has 2 rings (SSSR count). The van der Waals surface area contributed by atoms with E-state index in [0.29, 0.717) is 5.82 Å². The van der Waals surface area contributed by atoms with Gasteiger partial charge in [-0.25, -0.2) is 4.98 Å². The Bertz CT molecular complexity index is 568. The van der Waals surface area contributed by atoms with Crippen molar-refractivity contribution in [2.24, 2.45) is 0 Å². The molecule has 0 spiro atoms. The van der Waals surface area contributed by atoms with E-state index in [2.05, 4.69) is 15.3 Å². The minimum absolute atomic E-state index is 0.106. The lowest BCUT2D eigenvalue weighted by atomic mass is 9.93. The Labute approximate surface area is 105 Å². The predicted octanol–water partition coefficient (Wildman–Crippen LogP) is 1.09. The molecule has 1 unspecified atom stereocenters. The van der Waals surface area contributed by atoms with Gasteiger partial charge in [-0.3, -0.25) is 4.79 Å². The van der Waals surface area contributed by atoms with E-state index in [1.807, 2.05) is 37.3 Å². The molecule has 0 aliphatic rings. The lowest BCUT2D eigenvalue weighted by Crippen LogP contribution is -2.36. The fourth-order valence-electron chi connectivity index (χ4n) is 1.73. The van der Waals surface area contributed by atoms with Gasteiger partial charge in [0.05, 0.1) is 18.5 Å². The third kappa shape index (κ3) is 2.57. The summed E-state index contributed by atoms with van der Waals surface area (Å²) >= 11 is 0. The number of aromatic amines is 1. The predicted molar refractivity (Wildman–Crippen MR) is 69.4 cm³/mol. The third-order valence-corrected chi connectivity index (χ3v) is 2.81. The van der Waals surface area contributed by atoms with Gasteiger partial charge in [0.15, 0.2) is 0 Å². The molecule has 0 amide bonds. The summed E-state index contributed by atoms with van der Waals surface area (Å²) in [5.41, 5.74) is 0.0117. The second kappa shape index (κ2) is 5.01. The maximum atomic E-state index is 11.2. The molecule has 0 aliphatic carbocycles. The number of aliphatic hydroxyl groups excluding tert-OH is 1. The molecule has 0 saturated heterocycles. The molecule has 2 aromatic rings. The van der Waals surface area contributed by atoms with Gasteiger partial charge in [-0.15, -0.1) is 0 Å². The second-order valence-corrected chi connectivity index (χ2v) is 4.28. The van der Waals surface area contributed by atoms with Crippen LogP contribution in [0.1, 0.15) is 12.5 Å². The van der Waals surface area contributed by atoms with Crippen molar-refractivity contribution in [3.8, 4) is 0 Å². The highest BCUT2D eigenvalue weighted by molar-refractivity contribution is 5.40. The Kier molecular flexibility index (Phi) is 3.43. The Morgan fingerprint density at radius 2 is 2.11 bits per heavy atom. The first kappa shape index (κ1) is 12.3. The topological polar surface area (TPSA) is 78.0 Å². The minimum atomic E-state index is -0.679. The Balaban J connectivity index is 2.32. The van der Waals surface area contributed by atoms with Crippen molar-refractivity contribution in [3.63, 3.8) is 0 Å². The largest absolute Gasteiger partial charge is 0.394 e. The number of rotatable bonds is 4. The number of benzene rings is 1. The lowest BCUT2D eigenvalue weighted by Gasteiger charge is -2.29. The molecule has 0 bridgehead atoms. The molecule has 5 heteroatoms. The second-order valence-electron chi connectivity index (χ2n) is 4.28. The van der Waals surface area contributed by atoms with Gasteiger partial charge >= 0.3 is 0 Å². The van der Waals surface area contributed by atoms with E-state index in [1.165, 1.54) is 12.4 Å². The smallest absolute Gasteiger partial charge is 0.252 e. The summed E-state index contributed by atoms with van der Waals surface area (Å²) < 4.78 is 0. The highest BCUT2D eigenvalue weighted by Crippen LogP contribution is 2.23. The van der Waals surface area contributed by atoms with Crippen LogP contribution in [-0.4, -0.2) is 21.7 Å². The van der Waals surface area contributed by atoms with Gasteiger partial charge in [0.2, 0.25) is 0 Å². The van der Waals surface area contributed by atoms with Crippen molar-refractivity contribution in [1.82, 2.24) is 9.97 Å². The molecule has 3 N–H and O–H groups in total. The average molecular weight is 245 g/mol. The molecule has 94 valence electrons. The summed E-state index contributed by atoms with van der Waals surface area (Å²) in [5.74, 6) is 0.430. The molecule has 0 fully saturated rings. The zero-order chi connectivity index (χ0) is 13.0. The first-order chi connectivity index (χ1) is 8.64. The van der Waals surface area contributed by atoms with Crippen LogP contribution in [0.5, 0.6) is 0 Å². The number of aromatic nitrogens is 2. The lowest BCUT2D eigenvalue weighted by molar-refractivity contribution is 0.223. The van der Waals surface area contributed by atoms with E-state index >= 15 is 0 Å². The maximum absolute atomic E-state index is 11.2. The van der Waals surface area contributed by atoms with Crippen LogP contribution in [0.3, 0.4) is 0 Å². The Morgan fingerprint density at radius 1 is 1.39 bits per heavy atom. The van der Waals surface area contributed by atoms with Gasteiger partial charge in [0, 0.05) is 6.07 Å². The normalized spacial score (nSPS) is 13.9. The first-order valence-electron chi connectivity index (χ1n) is 5.63. The summed E-state index contributed by atoms with van der Waals surface area (Å²) in [6.45, 7) is 1.75. The maximum Gasteiger partial charge on any atom is 0.252 e. The highest BCUT2D eigenvalue weighted by Gasteiger charge is 2.25. The number of aliphatic hydroxyl groups is 1. The molecule has 5 nitrogen and oxygen atoms in total. The zero-order valence-electron chi connectivity index (χ0n) is 10.1. The van der Waals surface area contributed by atoms with Crippen LogP contribution in [0.2, 0.25) is 0 Å². The van der Waals surface area contributed by atoms with Crippen molar-refractivity contribution in [2.45, 2.75) is 12.5 Å². The van der Waals surface area contributed by atoms with Crippen molar-refractivity contribution in [1.29, 1.82) is 0 Å². The number of hydrogen-bond donors (Lipinski definition) is 3. The van der Waals surface area contributed by atoms with Crippen molar-refractivity contribution in [2.75, 3.05) is 11.9 Å². The van der Waals surface area contributed by atoms with E-state index in [0.717, 1.165) is 5.56 Å². The summed E-state index contributed by atoms with van der Waals surface area (Å²) in [6, 6.07) is 10.9. The number of nitrogens with one attached hydrogen (secondary N) is 2. The van der Waals surface area contributed by atoms with E-state index in [-0.39, 0.29) is 12.2 Å². The molecule has 18 heavy (non-hydrogen) atoms. The fraction of sp³-hybridized carbons (Fsp3) is 0.231. The van der Waals surface area contributed by atoms with Crippen LogP contribution in [0.15, 0.2) is 47.5 Å². The van der Waals surface area contributed by atoms with Crippen LogP contribution in [0, 0.1) is 0 Å². The Morgan fingerprint density at radius 3 is 2.72 bits per heavy atom. The molecular formula is C13H15N3O2. The monoisotopic (exact) mass is 245 g/mol. The van der Waals surface area contributed by atoms with Gasteiger partial charge in [0.1, 0.15) is 5.82 Å². The van der Waals surface area contributed by atoms with E-state index in [9.17, 15) is 9.90 Å². The van der Waals surface area contributed by atoms with Crippen molar-refractivity contribution >= 4 is 5.82 Å². The van der Waals surface area contributed by atoms with Crippen molar-refractivity contribution < 1.29 is 5.11 Å². The van der Waals surface area contributed by atoms with Crippen LogP contribution in [-0.2, 0) is 5.54 Å². The zero-order valence-corrected chi connectivity index (χ0v) is 10.1. The standard InChI is InChI=1S/C13H15N3O2/c1-13(8-17,10-5-3-2-4-6-10)16-11-7-12(18)15-9-14-11/h2-7,9,17H,8H2,1H3,(H2,14,15,16,18). The average Bonchev–Trinajstić information content (AvgIpc) is 2.39. The third-order valence-electron chi connectivity index (χ3n) is 2.81. The summed E-state index contributed by atoms with van der Waals surface area (Å²) in [5, 5.41) is 12.7. The molecule has 0 radical (unpaired) electrons. The minimum Gasteiger partial charge on any atom is -0.394 e. The van der Waals surface area contributed by atoms with E-state index in [1.54, 1.807) is 0 Å². The molecule has 1 heterocycles. The van der Waals surface area contributed by atoms with Gasteiger partial charge in [-0.2, -0.15) is 0 Å². The Hall–Kier alpha value is -2.14. The van der Waals surface area contributed by atoms with Crippen molar-refractivity contribution in [3.05, 3.63) is 58.6 Å². The number of hydrogen-bond acceptors (Lipinski definition) is 4. The van der Waals surface area contributed by atoms with Gasteiger partial charge < -0.3 is 15.4 Å². The highest BCUT2D eigenvalue weighted by atomic mass is 16.3. The number of anilines is 1. The summed E-state index contributed by atoms with van der Waals surface area (Å²) in [4.78, 5) is 17.7. The summed E-state index contributed by atoms with van der Waals surface area (Å²) in [6.07, 6.45) is 1.33. The number of H-pyrrole nitrogens is 1. The molecule has 0 saturated carbocycles. The van der Waals surface area contributed by atoms with E-state index in [4.69, 9.17) is 0 Å². The van der Waals surface area contributed by atoms with Crippen LogP contribution < -0.4 is 10.9 Å². The van der Waals surface area contributed by atoms with Crippen LogP contribution >= 0.6 is 0 Å². The van der Waals surface area contributed by atoms with Gasteiger partial charge in [-0.05, 0) is 12.5 Å². The SMILES string of the molecule is CC(CO)(Nc1cc(=O)[nH]cn1)c1ccccc1. The van der Waals surface area contributed by atoms with Gasteiger partial charge in [0.25, 0.3) is 5.56 Å². The first-order valence-corrected chi connectivity index (χ1v) is 5.63. The molecule has 1 aromatic heterocycles. The molecule has 1 atom stereocenters. The fourth-order valence-corrected chi connectivity index (χ4v) is 1.73. The van der Waals surface area contributed by atoms with Gasteiger partial charge in [-0.1, -0.05) is 30.3 Å². The molecule has 1 aromatic carbocycles. The molecule has 0 aliphatic heterocycles. The quantitative estimate of drug-likeness (QED) is 0.753. The summed E-state index contributed by atoms with van der Waals surface area (Å²) in [7, 11) is 0. The molecular weight excluding hydrogens is 230 g/mol.